The van der Waals surface area contributed by atoms with Gasteiger partial charge in [0.1, 0.15) is 0 Å². The average Bonchev–Trinajstić information content (AvgIpc) is 2.52. The lowest BCUT2D eigenvalue weighted by atomic mass is 10.3. The first-order valence-electron chi connectivity index (χ1n) is 7.02. The van der Waals surface area contributed by atoms with E-state index in [1.807, 2.05) is 0 Å². The van der Waals surface area contributed by atoms with E-state index in [0.717, 1.165) is 5.69 Å². The van der Waals surface area contributed by atoms with Crippen LogP contribution in [0.1, 0.15) is 5.69 Å². The third kappa shape index (κ3) is 3.42. The summed E-state index contributed by atoms with van der Waals surface area (Å²) in [6.45, 7) is 1.70. The Hall–Kier alpha value is -2.77. The van der Waals surface area contributed by atoms with E-state index in [4.69, 9.17) is 11.5 Å². The van der Waals surface area contributed by atoms with E-state index < -0.39 is 7.37 Å². The second kappa shape index (κ2) is 6.03. The molecule has 2 heterocycles. The van der Waals surface area contributed by atoms with E-state index in [2.05, 4.69) is 25.3 Å². The molecule has 10 heteroatoms. The van der Waals surface area contributed by atoms with E-state index in [-0.39, 0.29) is 11.8 Å². The minimum absolute atomic E-state index is 0.0531. The Bertz CT molecular complexity index is 940. The largest absolute Gasteiger partial charge is 0.382 e. The monoisotopic (exact) mass is 345 g/mol. The van der Waals surface area contributed by atoms with Crippen LogP contribution in [0.4, 0.5) is 17.5 Å². The van der Waals surface area contributed by atoms with Crippen molar-refractivity contribution < 1.29 is 9.46 Å². The Morgan fingerprint density at radius 1 is 1.17 bits per heavy atom. The van der Waals surface area contributed by atoms with Crippen LogP contribution in [-0.2, 0) is 11.1 Å². The molecule has 0 aliphatic carbocycles. The maximum absolute atomic E-state index is 11.6. The fraction of sp³-hybridized carbons (Fsp3) is 0.143. The van der Waals surface area contributed by atoms with E-state index >= 15 is 0 Å². The van der Waals surface area contributed by atoms with Gasteiger partial charge in [-0.25, -0.2) is 9.97 Å². The van der Waals surface area contributed by atoms with Gasteiger partial charge in [-0.15, -0.1) is 0 Å². The van der Waals surface area contributed by atoms with Crippen LogP contribution in [0, 0.1) is 0 Å². The highest BCUT2D eigenvalue weighted by molar-refractivity contribution is 7.65. The summed E-state index contributed by atoms with van der Waals surface area (Å²) in [5.41, 5.74) is 13.5. The van der Waals surface area contributed by atoms with Gasteiger partial charge < -0.3 is 21.7 Å². The smallest absolute Gasteiger partial charge is 0.226 e. The fourth-order valence-corrected chi connectivity index (χ4v) is 2.82. The normalized spacial score (nSPS) is 13.6. The molecular formula is C14H16N7O2P. The van der Waals surface area contributed by atoms with Gasteiger partial charge in [0.25, 0.3) is 0 Å². The van der Waals surface area contributed by atoms with Crippen LogP contribution in [0.25, 0.3) is 11.2 Å². The van der Waals surface area contributed by atoms with Gasteiger partial charge in [0, 0.05) is 17.7 Å². The van der Waals surface area contributed by atoms with Crippen molar-refractivity contribution in [2.75, 3.05) is 23.4 Å². The lowest BCUT2D eigenvalue weighted by molar-refractivity contribution is 0.496. The zero-order chi connectivity index (χ0) is 17.3. The quantitative estimate of drug-likeness (QED) is 0.501. The average molecular weight is 345 g/mol. The second-order valence-corrected chi connectivity index (χ2v) is 7.55. The van der Waals surface area contributed by atoms with Gasteiger partial charge in [-0.3, -0.25) is 4.57 Å². The van der Waals surface area contributed by atoms with Crippen LogP contribution in [0.2, 0.25) is 0 Å². The molecule has 0 bridgehead atoms. The van der Waals surface area contributed by atoms with Crippen molar-refractivity contribution in [2.45, 2.75) is 6.54 Å². The minimum Gasteiger partial charge on any atom is -0.382 e. The molecule has 0 aliphatic rings. The van der Waals surface area contributed by atoms with Crippen molar-refractivity contribution >= 4 is 41.3 Å². The van der Waals surface area contributed by atoms with E-state index in [1.54, 1.807) is 30.5 Å². The molecular weight excluding hydrogens is 329 g/mol. The summed E-state index contributed by atoms with van der Waals surface area (Å²) in [6.07, 6.45) is 1.57. The molecule has 2 aromatic heterocycles. The van der Waals surface area contributed by atoms with Crippen molar-refractivity contribution in [1.29, 1.82) is 0 Å². The summed E-state index contributed by atoms with van der Waals surface area (Å²) in [5.74, 6) is 0.232. The molecule has 0 amide bonds. The van der Waals surface area contributed by atoms with Crippen LogP contribution < -0.4 is 22.1 Å². The van der Waals surface area contributed by atoms with Crippen LogP contribution >= 0.6 is 7.37 Å². The molecule has 9 nitrogen and oxygen atoms in total. The predicted octanol–water partition coefficient (Wildman–Crippen LogP) is 0.722. The number of hydrogen-bond acceptors (Lipinski definition) is 8. The molecule has 0 aliphatic heterocycles. The van der Waals surface area contributed by atoms with Gasteiger partial charge in [-0.05, 0) is 24.3 Å². The first-order valence-corrected chi connectivity index (χ1v) is 9.13. The summed E-state index contributed by atoms with van der Waals surface area (Å²) in [7, 11) is -3.24. The maximum Gasteiger partial charge on any atom is 0.226 e. The standard InChI is InChI=1S/C14H16N7O2P/c1-24(22,23)10-4-2-8(3-5-10)17-6-9-7-18-13-11(19-9)12(15)20-14(16)21-13/h2-5,7,17H,6H2,1H3,(H,22,23)(H4,15,16,18,20,21). The maximum atomic E-state index is 11.6. The van der Waals surface area contributed by atoms with Crippen LogP contribution in [-0.4, -0.2) is 31.5 Å². The zero-order valence-corrected chi connectivity index (χ0v) is 13.7. The fourth-order valence-electron chi connectivity index (χ4n) is 2.12. The predicted molar refractivity (Wildman–Crippen MR) is 93.1 cm³/mol. The number of nitrogens with one attached hydrogen (secondary N) is 1. The van der Waals surface area contributed by atoms with Crippen LogP contribution in [0.5, 0.6) is 0 Å². The van der Waals surface area contributed by atoms with Gasteiger partial charge in [0.2, 0.25) is 13.3 Å². The van der Waals surface area contributed by atoms with E-state index in [0.29, 0.717) is 28.7 Å². The molecule has 3 aromatic rings. The number of nitrogens with two attached hydrogens (primary N) is 2. The van der Waals surface area contributed by atoms with Crippen molar-refractivity contribution in [3.05, 3.63) is 36.2 Å². The number of rotatable bonds is 4. The summed E-state index contributed by atoms with van der Waals surface area (Å²) >= 11 is 0. The minimum atomic E-state index is -3.24. The number of fused-ring (bicyclic) bond motifs is 1. The Kier molecular flexibility index (Phi) is 4.04. The number of anilines is 3. The van der Waals surface area contributed by atoms with Crippen LogP contribution in [0.3, 0.4) is 0 Å². The highest BCUT2D eigenvalue weighted by Gasteiger charge is 2.13. The number of aromatic nitrogens is 4. The van der Waals surface area contributed by atoms with Crippen molar-refractivity contribution in [2.24, 2.45) is 0 Å². The molecule has 1 unspecified atom stereocenters. The zero-order valence-electron chi connectivity index (χ0n) is 12.8. The molecule has 0 fully saturated rings. The Labute approximate surface area is 137 Å². The van der Waals surface area contributed by atoms with Gasteiger partial charge in [0.15, 0.2) is 17.0 Å². The number of benzene rings is 1. The van der Waals surface area contributed by atoms with Gasteiger partial charge in [-0.1, -0.05) is 0 Å². The molecule has 3 rings (SSSR count). The van der Waals surface area contributed by atoms with E-state index in [1.165, 1.54) is 6.66 Å². The number of nitrogen functional groups attached to an aromatic ring is 2. The Morgan fingerprint density at radius 3 is 2.54 bits per heavy atom. The highest BCUT2D eigenvalue weighted by Crippen LogP contribution is 2.33. The SMILES string of the molecule is CP(=O)(O)c1ccc(NCc2cnc3nc(N)nc(N)c3n2)cc1. The highest BCUT2D eigenvalue weighted by atomic mass is 31.2. The summed E-state index contributed by atoms with van der Waals surface area (Å²) in [5, 5.41) is 3.56. The molecule has 24 heavy (non-hydrogen) atoms. The lowest BCUT2D eigenvalue weighted by Gasteiger charge is -2.09. The molecule has 0 saturated heterocycles. The third-order valence-electron chi connectivity index (χ3n) is 3.32. The van der Waals surface area contributed by atoms with E-state index in [9.17, 15) is 9.46 Å². The number of nitrogens with zero attached hydrogens (tertiary/aromatic N) is 4. The topological polar surface area (TPSA) is 153 Å². The molecule has 1 aromatic carbocycles. The first kappa shape index (κ1) is 16.1. The van der Waals surface area contributed by atoms with Gasteiger partial charge in [0.05, 0.1) is 18.4 Å². The Morgan fingerprint density at radius 2 is 1.88 bits per heavy atom. The van der Waals surface area contributed by atoms with Crippen molar-refractivity contribution in [1.82, 2.24) is 19.9 Å². The van der Waals surface area contributed by atoms with Gasteiger partial charge >= 0.3 is 0 Å². The van der Waals surface area contributed by atoms with Crippen molar-refractivity contribution in [3.8, 4) is 0 Å². The molecule has 0 spiro atoms. The third-order valence-corrected chi connectivity index (χ3v) is 4.58. The molecule has 0 saturated carbocycles. The lowest BCUT2D eigenvalue weighted by Crippen LogP contribution is -2.08. The molecule has 1 atom stereocenters. The van der Waals surface area contributed by atoms with Gasteiger partial charge in [-0.2, -0.15) is 9.97 Å². The summed E-state index contributed by atoms with van der Waals surface area (Å²) < 4.78 is 11.6. The summed E-state index contributed by atoms with van der Waals surface area (Å²) in [6, 6.07) is 6.69. The molecule has 6 N–H and O–H groups in total. The van der Waals surface area contributed by atoms with Crippen LogP contribution in [0.15, 0.2) is 30.5 Å². The molecule has 124 valence electrons. The first-order chi connectivity index (χ1) is 11.3. The number of hydrogen-bond donors (Lipinski definition) is 4. The second-order valence-electron chi connectivity index (χ2n) is 5.28. The van der Waals surface area contributed by atoms with Crippen molar-refractivity contribution in [3.63, 3.8) is 0 Å². The molecule has 0 radical (unpaired) electrons. The Balaban J connectivity index is 1.77. The summed E-state index contributed by atoms with van der Waals surface area (Å²) in [4.78, 5) is 25.9.